The second kappa shape index (κ2) is 9.67. The summed E-state index contributed by atoms with van der Waals surface area (Å²) in [4.78, 5) is 3.67. The highest BCUT2D eigenvalue weighted by Gasteiger charge is 2.09. The molecule has 2 nitrogen and oxygen atoms in total. The molecule has 0 saturated carbocycles. The molecule has 0 amide bonds. The molecule has 0 aliphatic carbocycles. The van der Waals surface area contributed by atoms with Gasteiger partial charge in [0.05, 0.1) is 5.02 Å². The Bertz CT molecular complexity index is 392. The van der Waals surface area contributed by atoms with Crippen molar-refractivity contribution in [3.05, 3.63) is 28.8 Å². The molecule has 0 heterocycles. The molecule has 1 aromatic carbocycles. The summed E-state index contributed by atoms with van der Waals surface area (Å²) in [5.74, 6) is 1.08. The minimum absolute atomic E-state index is 0.488. The number of nitrogens with zero attached hydrogens (tertiary/aromatic N) is 1. The molecular weight excluding hydrogens is 288 g/mol. The maximum Gasteiger partial charge on any atom is 0.0545 e. The third kappa shape index (κ3) is 6.04. The van der Waals surface area contributed by atoms with Crippen LogP contribution in [0.5, 0.6) is 0 Å². The van der Waals surface area contributed by atoms with Crippen LogP contribution in [0, 0.1) is 0 Å². The van der Waals surface area contributed by atoms with Crippen LogP contribution in [-0.4, -0.2) is 36.3 Å². The van der Waals surface area contributed by atoms with E-state index in [4.69, 9.17) is 11.6 Å². The van der Waals surface area contributed by atoms with Crippen molar-refractivity contribution in [1.29, 1.82) is 0 Å². The second-order valence-electron chi connectivity index (χ2n) is 5.14. The Kier molecular flexibility index (Phi) is 8.62. The number of nitrogens with one attached hydrogen (secondary N) is 1. The van der Waals surface area contributed by atoms with Crippen molar-refractivity contribution in [3.63, 3.8) is 0 Å². The van der Waals surface area contributed by atoms with Gasteiger partial charge in [-0.1, -0.05) is 51.4 Å². The second-order valence-corrected chi connectivity index (χ2v) is 6.65. The lowest BCUT2D eigenvalue weighted by Gasteiger charge is -2.18. The van der Waals surface area contributed by atoms with Crippen LogP contribution in [0.1, 0.15) is 33.3 Å². The first-order valence-electron chi connectivity index (χ1n) is 7.44. The molecule has 1 rings (SSSR count). The normalized spacial score (nSPS) is 11.6. The molecule has 0 aliphatic rings. The first-order valence-corrected chi connectivity index (χ1v) is 8.80. The fourth-order valence-electron chi connectivity index (χ4n) is 1.99. The van der Waals surface area contributed by atoms with Crippen molar-refractivity contribution >= 4 is 23.4 Å². The van der Waals surface area contributed by atoms with E-state index in [0.717, 1.165) is 37.0 Å². The van der Waals surface area contributed by atoms with E-state index in [1.165, 1.54) is 10.5 Å². The molecule has 0 unspecified atom stereocenters. The van der Waals surface area contributed by atoms with Gasteiger partial charge in [0.25, 0.3) is 0 Å². The molecule has 114 valence electrons. The number of thioether (sulfide) groups is 1. The number of hydrogen-bond acceptors (Lipinski definition) is 3. The van der Waals surface area contributed by atoms with E-state index >= 15 is 0 Å². The lowest BCUT2D eigenvalue weighted by molar-refractivity contribution is 0.324. The summed E-state index contributed by atoms with van der Waals surface area (Å²) < 4.78 is 0. The number of rotatable bonds is 9. The highest BCUT2D eigenvalue weighted by atomic mass is 35.5. The van der Waals surface area contributed by atoms with Gasteiger partial charge in [-0.2, -0.15) is 0 Å². The Balaban J connectivity index is 2.62. The largest absolute Gasteiger partial charge is 0.310 e. The van der Waals surface area contributed by atoms with Crippen molar-refractivity contribution in [1.82, 2.24) is 10.2 Å². The average Bonchev–Trinajstić information content (AvgIpc) is 2.43. The molecule has 4 heteroatoms. The Hall–Kier alpha value is -0.220. The monoisotopic (exact) mass is 314 g/mol. The van der Waals surface area contributed by atoms with Gasteiger partial charge in [-0.25, -0.2) is 0 Å². The fourth-order valence-corrected chi connectivity index (χ4v) is 3.43. The van der Waals surface area contributed by atoms with E-state index < -0.39 is 0 Å². The van der Waals surface area contributed by atoms with Crippen LogP contribution in [0.15, 0.2) is 23.1 Å². The molecule has 0 atom stereocenters. The first kappa shape index (κ1) is 17.8. The molecule has 0 fully saturated rings. The topological polar surface area (TPSA) is 15.3 Å². The number of hydrogen-bond donors (Lipinski definition) is 1. The summed E-state index contributed by atoms with van der Waals surface area (Å²) >= 11 is 8.24. The van der Waals surface area contributed by atoms with Crippen LogP contribution in [-0.2, 0) is 6.54 Å². The molecule has 0 radical (unpaired) electrons. The van der Waals surface area contributed by atoms with Crippen molar-refractivity contribution in [2.45, 2.75) is 45.2 Å². The highest BCUT2D eigenvalue weighted by Crippen LogP contribution is 2.30. The first-order chi connectivity index (χ1) is 9.58. The lowest BCUT2D eigenvalue weighted by atomic mass is 10.2. The van der Waals surface area contributed by atoms with Crippen molar-refractivity contribution in [2.75, 3.05) is 25.4 Å². The van der Waals surface area contributed by atoms with Crippen LogP contribution >= 0.6 is 23.4 Å². The standard InChI is InChI=1S/C16H27ClN2S/c1-5-19(6-2)10-11-20-16-14(12-18-13(3)4)8-7-9-15(16)17/h7-9,13,18H,5-6,10-12H2,1-4H3. The third-order valence-electron chi connectivity index (χ3n) is 3.30. The van der Waals surface area contributed by atoms with E-state index in [9.17, 15) is 0 Å². The minimum Gasteiger partial charge on any atom is -0.310 e. The number of benzene rings is 1. The van der Waals surface area contributed by atoms with E-state index in [-0.39, 0.29) is 0 Å². The summed E-state index contributed by atoms with van der Waals surface area (Å²) in [6.07, 6.45) is 0. The Morgan fingerprint density at radius 1 is 1.25 bits per heavy atom. The third-order valence-corrected chi connectivity index (χ3v) is 4.88. The van der Waals surface area contributed by atoms with E-state index in [1.807, 2.05) is 23.9 Å². The molecule has 20 heavy (non-hydrogen) atoms. The van der Waals surface area contributed by atoms with Gasteiger partial charge in [0.2, 0.25) is 0 Å². The van der Waals surface area contributed by atoms with Crippen molar-refractivity contribution < 1.29 is 0 Å². The Morgan fingerprint density at radius 3 is 2.55 bits per heavy atom. The zero-order valence-electron chi connectivity index (χ0n) is 13.1. The molecule has 0 bridgehead atoms. The van der Waals surface area contributed by atoms with Gasteiger partial charge in [0.15, 0.2) is 0 Å². The van der Waals surface area contributed by atoms with E-state index in [1.54, 1.807) is 0 Å². The van der Waals surface area contributed by atoms with Crippen LogP contribution in [0.4, 0.5) is 0 Å². The fraction of sp³-hybridized carbons (Fsp3) is 0.625. The SMILES string of the molecule is CCN(CC)CCSc1c(Cl)cccc1CNC(C)C. The summed E-state index contributed by atoms with van der Waals surface area (Å²) in [5.41, 5.74) is 1.30. The molecule has 1 aromatic rings. The average molecular weight is 315 g/mol. The maximum absolute atomic E-state index is 6.37. The van der Waals surface area contributed by atoms with Gasteiger partial charge >= 0.3 is 0 Å². The van der Waals surface area contributed by atoms with Crippen LogP contribution in [0.3, 0.4) is 0 Å². The molecule has 0 spiro atoms. The summed E-state index contributed by atoms with van der Waals surface area (Å²) in [6.45, 7) is 13.0. The maximum atomic E-state index is 6.37. The predicted molar refractivity (Wildman–Crippen MR) is 91.9 cm³/mol. The van der Waals surface area contributed by atoms with E-state index in [0.29, 0.717) is 6.04 Å². The van der Waals surface area contributed by atoms with Crippen molar-refractivity contribution in [3.8, 4) is 0 Å². The molecule has 0 saturated heterocycles. The molecule has 0 aliphatic heterocycles. The molecule has 1 N–H and O–H groups in total. The van der Waals surface area contributed by atoms with Gasteiger partial charge in [-0.15, -0.1) is 11.8 Å². The van der Waals surface area contributed by atoms with Crippen LogP contribution in [0.2, 0.25) is 5.02 Å². The van der Waals surface area contributed by atoms with E-state index in [2.05, 4.69) is 44.0 Å². The lowest BCUT2D eigenvalue weighted by Crippen LogP contribution is -2.25. The summed E-state index contributed by atoms with van der Waals surface area (Å²) in [6, 6.07) is 6.68. The highest BCUT2D eigenvalue weighted by molar-refractivity contribution is 7.99. The van der Waals surface area contributed by atoms with Crippen molar-refractivity contribution in [2.24, 2.45) is 0 Å². The Labute approximate surface area is 133 Å². The smallest absolute Gasteiger partial charge is 0.0545 e. The van der Waals surface area contributed by atoms with Crippen LogP contribution in [0.25, 0.3) is 0 Å². The molecule has 0 aromatic heterocycles. The minimum atomic E-state index is 0.488. The molecular formula is C16H27ClN2S. The van der Waals surface area contributed by atoms with Gasteiger partial charge < -0.3 is 10.2 Å². The predicted octanol–water partition coefficient (Wildman–Crippen LogP) is 4.27. The summed E-state index contributed by atoms with van der Waals surface area (Å²) in [5, 5.41) is 4.34. The summed E-state index contributed by atoms with van der Waals surface area (Å²) in [7, 11) is 0. The zero-order valence-corrected chi connectivity index (χ0v) is 14.7. The zero-order chi connectivity index (χ0) is 15.0. The van der Waals surface area contributed by atoms with Crippen LogP contribution < -0.4 is 5.32 Å². The van der Waals surface area contributed by atoms with Gasteiger partial charge in [0, 0.05) is 29.8 Å². The quantitative estimate of drug-likeness (QED) is 0.685. The van der Waals surface area contributed by atoms with Gasteiger partial charge in [-0.3, -0.25) is 0 Å². The van der Waals surface area contributed by atoms with Gasteiger partial charge in [0.1, 0.15) is 0 Å². The Morgan fingerprint density at radius 2 is 1.95 bits per heavy atom. The van der Waals surface area contributed by atoms with Gasteiger partial charge in [-0.05, 0) is 24.7 Å². The number of halogens is 1.